The predicted octanol–water partition coefficient (Wildman–Crippen LogP) is 0.835. The fourth-order valence-electron chi connectivity index (χ4n) is 3.14. The maximum absolute atomic E-state index is 9.85. The topological polar surface area (TPSA) is 62.4 Å². The molecule has 1 N–H and O–H groups in total. The molecule has 1 aliphatic carbocycles. The molecule has 3 atom stereocenters. The van der Waals surface area contributed by atoms with Gasteiger partial charge < -0.3 is 9.52 Å². The summed E-state index contributed by atoms with van der Waals surface area (Å²) in [5.74, 6) is 2.54. The summed E-state index contributed by atoms with van der Waals surface area (Å²) < 4.78 is 5.52. The molecule has 0 bridgehead atoms. The zero-order chi connectivity index (χ0) is 11.8. The van der Waals surface area contributed by atoms with Gasteiger partial charge in [0.05, 0.1) is 12.6 Å². The maximum Gasteiger partial charge on any atom is 0.230 e. The third-order valence-electron chi connectivity index (χ3n) is 4.06. The molecule has 1 aromatic heterocycles. The highest BCUT2D eigenvalue weighted by molar-refractivity contribution is 4.94. The van der Waals surface area contributed by atoms with Crippen molar-refractivity contribution in [3.05, 3.63) is 11.8 Å². The van der Waals surface area contributed by atoms with E-state index in [0.717, 1.165) is 38.9 Å². The van der Waals surface area contributed by atoms with Crippen molar-refractivity contribution < 1.29 is 9.52 Å². The van der Waals surface area contributed by atoms with Crippen LogP contribution in [-0.2, 0) is 13.0 Å². The van der Waals surface area contributed by atoms with Crippen molar-refractivity contribution in [2.45, 2.75) is 38.8 Å². The van der Waals surface area contributed by atoms with Crippen LogP contribution >= 0.6 is 0 Å². The van der Waals surface area contributed by atoms with Crippen LogP contribution in [0.1, 0.15) is 31.5 Å². The molecule has 0 aromatic carbocycles. The smallest absolute Gasteiger partial charge is 0.230 e. The highest BCUT2D eigenvalue weighted by Crippen LogP contribution is 2.38. The van der Waals surface area contributed by atoms with E-state index in [4.69, 9.17) is 4.42 Å². The molecule has 94 valence electrons. The molecule has 5 heteroatoms. The lowest BCUT2D eigenvalue weighted by Gasteiger charge is -2.15. The first-order chi connectivity index (χ1) is 8.26. The molecule has 2 heterocycles. The van der Waals surface area contributed by atoms with Crippen LogP contribution in [0.25, 0.3) is 0 Å². The zero-order valence-corrected chi connectivity index (χ0v) is 10.2. The Morgan fingerprint density at radius 3 is 2.82 bits per heavy atom. The number of hydrogen-bond acceptors (Lipinski definition) is 5. The van der Waals surface area contributed by atoms with E-state index in [2.05, 4.69) is 15.1 Å². The van der Waals surface area contributed by atoms with E-state index in [1.807, 2.05) is 6.92 Å². The van der Waals surface area contributed by atoms with Crippen LogP contribution in [-0.4, -0.2) is 39.4 Å². The number of aryl methyl sites for hydroxylation is 1. The highest BCUT2D eigenvalue weighted by Gasteiger charge is 2.41. The van der Waals surface area contributed by atoms with Gasteiger partial charge in [-0.15, -0.1) is 10.2 Å². The standard InChI is InChI=1S/C12H19N3O2/c1-2-11-13-14-12(17-11)7-15-5-8-3-4-10(16)9(8)6-15/h8-10,16H,2-7H2,1H3. The van der Waals surface area contributed by atoms with Crippen LogP contribution in [0.2, 0.25) is 0 Å². The number of rotatable bonds is 3. The molecular weight excluding hydrogens is 218 g/mol. The number of aliphatic hydroxyl groups is 1. The Labute approximate surface area is 101 Å². The van der Waals surface area contributed by atoms with E-state index in [1.165, 1.54) is 0 Å². The average Bonchev–Trinajstić information content (AvgIpc) is 2.98. The first-order valence-corrected chi connectivity index (χ1v) is 6.48. The fourth-order valence-corrected chi connectivity index (χ4v) is 3.14. The minimum Gasteiger partial charge on any atom is -0.424 e. The molecule has 3 unspecified atom stereocenters. The Morgan fingerprint density at radius 2 is 2.12 bits per heavy atom. The number of aliphatic hydroxyl groups excluding tert-OH is 1. The van der Waals surface area contributed by atoms with Gasteiger partial charge in [0.2, 0.25) is 11.8 Å². The van der Waals surface area contributed by atoms with Gasteiger partial charge in [-0.05, 0) is 18.8 Å². The maximum atomic E-state index is 9.85. The molecule has 17 heavy (non-hydrogen) atoms. The van der Waals surface area contributed by atoms with Gasteiger partial charge in [0, 0.05) is 25.4 Å². The van der Waals surface area contributed by atoms with Crippen LogP contribution in [0.5, 0.6) is 0 Å². The summed E-state index contributed by atoms with van der Waals surface area (Å²) in [5.41, 5.74) is 0. The van der Waals surface area contributed by atoms with Crippen LogP contribution in [0.15, 0.2) is 4.42 Å². The lowest BCUT2D eigenvalue weighted by atomic mass is 10.00. The minimum absolute atomic E-state index is 0.0983. The fraction of sp³-hybridized carbons (Fsp3) is 0.833. The molecule has 1 saturated carbocycles. The SMILES string of the molecule is CCc1nnc(CN2CC3CCC(O)C3C2)o1. The third-order valence-corrected chi connectivity index (χ3v) is 4.06. The Hall–Kier alpha value is -0.940. The number of hydrogen-bond donors (Lipinski definition) is 1. The summed E-state index contributed by atoms with van der Waals surface area (Å²) in [6, 6.07) is 0. The lowest BCUT2D eigenvalue weighted by molar-refractivity contribution is 0.122. The summed E-state index contributed by atoms with van der Waals surface area (Å²) >= 11 is 0. The van der Waals surface area contributed by atoms with Gasteiger partial charge in [-0.3, -0.25) is 4.90 Å². The number of fused-ring (bicyclic) bond motifs is 1. The Morgan fingerprint density at radius 1 is 1.29 bits per heavy atom. The van der Waals surface area contributed by atoms with Gasteiger partial charge in [-0.2, -0.15) is 0 Å². The van der Waals surface area contributed by atoms with Crippen LogP contribution in [0.3, 0.4) is 0 Å². The molecule has 3 rings (SSSR count). The summed E-state index contributed by atoms with van der Waals surface area (Å²) in [6.07, 6.45) is 2.83. The monoisotopic (exact) mass is 237 g/mol. The molecule has 0 radical (unpaired) electrons. The Balaban J connectivity index is 1.60. The van der Waals surface area contributed by atoms with Crippen molar-refractivity contribution in [3.63, 3.8) is 0 Å². The van der Waals surface area contributed by atoms with Crippen molar-refractivity contribution in [3.8, 4) is 0 Å². The molecule has 5 nitrogen and oxygen atoms in total. The van der Waals surface area contributed by atoms with Gasteiger partial charge in [0.15, 0.2) is 0 Å². The van der Waals surface area contributed by atoms with Crippen molar-refractivity contribution in [2.24, 2.45) is 11.8 Å². The van der Waals surface area contributed by atoms with Gasteiger partial charge in [0.1, 0.15) is 0 Å². The summed E-state index contributed by atoms with van der Waals surface area (Å²) in [5, 5.41) is 17.9. The van der Waals surface area contributed by atoms with Crippen LogP contribution < -0.4 is 0 Å². The second kappa shape index (κ2) is 4.38. The Kier molecular flexibility index (Phi) is 2.88. The molecule has 1 aromatic rings. The van der Waals surface area contributed by atoms with Gasteiger partial charge >= 0.3 is 0 Å². The van der Waals surface area contributed by atoms with E-state index in [0.29, 0.717) is 23.6 Å². The lowest BCUT2D eigenvalue weighted by Crippen LogP contribution is -2.24. The molecule has 1 saturated heterocycles. The van der Waals surface area contributed by atoms with Crippen molar-refractivity contribution in [1.82, 2.24) is 15.1 Å². The van der Waals surface area contributed by atoms with Crippen LogP contribution in [0, 0.1) is 11.8 Å². The van der Waals surface area contributed by atoms with Gasteiger partial charge in [0.25, 0.3) is 0 Å². The van der Waals surface area contributed by atoms with Crippen molar-refractivity contribution >= 4 is 0 Å². The molecule has 0 spiro atoms. The molecule has 0 amide bonds. The number of likely N-dealkylation sites (tertiary alicyclic amines) is 1. The second-order valence-corrected chi connectivity index (χ2v) is 5.21. The molecule has 2 fully saturated rings. The van der Waals surface area contributed by atoms with E-state index in [-0.39, 0.29) is 6.10 Å². The first kappa shape index (κ1) is 11.2. The third kappa shape index (κ3) is 2.09. The normalized spacial score (nSPS) is 33.2. The summed E-state index contributed by atoms with van der Waals surface area (Å²) in [4.78, 5) is 2.32. The quantitative estimate of drug-likeness (QED) is 0.844. The van der Waals surface area contributed by atoms with E-state index >= 15 is 0 Å². The minimum atomic E-state index is -0.0983. The van der Waals surface area contributed by atoms with Gasteiger partial charge in [-0.25, -0.2) is 0 Å². The molecular formula is C12H19N3O2. The van der Waals surface area contributed by atoms with E-state index < -0.39 is 0 Å². The highest BCUT2D eigenvalue weighted by atomic mass is 16.4. The number of nitrogens with zero attached hydrogens (tertiary/aromatic N) is 3. The zero-order valence-electron chi connectivity index (χ0n) is 10.2. The second-order valence-electron chi connectivity index (χ2n) is 5.21. The largest absolute Gasteiger partial charge is 0.424 e. The van der Waals surface area contributed by atoms with Crippen LogP contribution in [0.4, 0.5) is 0 Å². The summed E-state index contributed by atoms with van der Waals surface area (Å²) in [6.45, 7) is 4.77. The van der Waals surface area contributed by atoms with E-state index in [9.17, 15) is 5.11 Å². The van der Waals surface area contributed by atoms with Gasteiger partial charge in [-0.1, -0.05) is 6.92 Å². The first-order valence-electron chi connectivity index (χ1n) is 6.48. The Bertz CT molecular complexity index is 393. The summed E-state index contributed by atoms with van der Waals surface area (Å²) in [7, 11) is 0. The van der Waals surface area contributed by atoms with Crippen molar-refractivity contribution in [1.29, 1.82) is 0 Å². The molecule has 1 aliphatic heterocycles. The average molecular weight is 237 g/mol. The van der Waals surface area contributed by atoms with E-state index in [1.54, 1.807) is 0 Å². The predicted molar refractivity (Wildman–Crippen MR) is 61.2 cm³/mol. The molecule has 2 aliphatic rings. The number of aromatic nitrogens is 2. The van der Waals surface area contributed by atoms with Crippen molar-refractivity contribution in [2.75, 3.05) is 13.1 Å².